The average molecular weight is 319 g/mol. The molecule has 22 heavy (non-hydrogen) atoms. The van der Waals surface area contributed by atoms with Crippen LogP contribution in [-0.4, -0.2) is 17.4 Å². The minimum Gasteiger partial charge on any atom is -0.351 e. The number of rotatable bonds is 5. The van der Waals surface area contributed by atoms with Crippen LogP contribution >= 0.6 is 11.6 Å². The second-order valence-electron chi connectivity index (χ2n) is 4.95. The molecule has 0 radical (unpaired) electrons. The van der Waals surface area contributed by atoms with Crippen molar-refractivity contribution in [2.75, 3.05) is 6.54 Å². The Kier molecular flexibility index (Phi) is 5.12. The van der Waals surface area contributed by atoms with Crippen LogP contribution in [0.3, 0.4) is 0 Å². The molecular weight excluding hydrogens is 304 g/mol. The molecule has 1 amide bonds. The summed E-state index contributed by atoms with van der Waals surface area (Å²) < 4.78 is 0. The van der Waals surface area contributed by atoms with Gasteiger partial charge >= 0.3 is 0 Å². The van der Waals surface area contributed by atoms with E-state index in [-0.39, 0.29) is 28.1 Å². The summed E-state index contributed by atoms with van der Waals surface area (Å²) in [4.78, 5) is 22.3. The Morgan fingerprint density at radius 2 is 1.95 bits per heavy atom. The maximum absolute atomic E-state index is 12.1. The Labute approximate surface area is 133 Å². The van der Waals surface area contributed by atoms with Crippen LogP contribution in [0.1, 0.15) is 28.8 Å². The van der Waals surface area contributed by atoms with Crippen molar-refractivity contribution in [3.8, 4) is 0 Å². The summed E-state index contributed by atoms with van der Waals surface area (Å²) in [5.74, 6) is -0.213. The zero-order valence-electron chi connectivity index (χ0n) is 12.0. The Hall–Kier alpha value is -2.40. The van der Waals surface area contributed by atoms with Gasteiger partial charge in [-0.05, 0) is 23.6 Å². The number of hydrogen-bond acceptors (Lipinski definition) is 3. The van der Waals surface area contributed by atoms with E-state index in [1.807, 2.05) is 37.3 Å². The van der Waals surface area contributed by atoms with Gasteiger partial charge in [-0.15, -0.1) is 0 Å². The van der Waals surface area contributed by atoms with Gasteiger partial charge < -0.3 is 5.32 Å². The predicted molar refractivity (Wildman–Crippen MR) is 85.3 cm³/mol. The van der Waals surface area contributed by atoms with E-state index in [0.29, 0.717) is 6.54 Å². The maximum Gasteiger partial charge on any atom is 0.288 e. The van der Waals surface area contributed by atoms with Crippen LogP contribution < -0.4 is 5.32 Å². The van der Waals surface area contributed by atoms with E-state index in [4.69, 9.17) is 11.6 Å². The highest BCUT2D eigenvalue weighted by atomic mass is 35.5. The molecule has 1 atom stereocenters. The topological polar surface area (TPSA) is 72.2 Å². The first-order chi connectivity index (χ1) is 10.5. The first-order valence-electron chi connectivity index (χ1n) is 6.76. The van der Waals surface area contributed by atoms with Gasteiger partial charge in [-0.1, -0.05) is 48.9 Å². The van der Waals surface area contributed by atoms with E-state index in [2.05, 4.69) is 5.32 Å². The lowest BCUT2D eigenvalue weighted by atomic mass is 10.0. The smallest absolute Gasteiger partial charge is 0.288 e. The van der Waals surface area contributed by atoms with Gasteiger partial charge in [0.15, 0.2) is 0 Å². The fraction of sp³-hybridized carbons (Fsp3) is 0.188. The molecule has 114 valence electrons. The SMILES string of the molecule is CC(CNC(=O)c1ccc(Cl)c([N+](=O)[O-])c1)c1ccccc1. The predicted octanol–water partition coefficient (Wildman–Crippen LogP) is 3.78. The Bertz CT molecular complexity index is 689. The number of carbonyl (C=O) groups is 1. The standard InChI is InChI=1S/C16H15ClN2O3/c1-11(12-5-3-2-4-6-12)10-18-16(20)13-7-8-14(17)15(9-13)19(21)22/h2-9,11H,10H2,1H3,(H,18,20). The number of halogens is 1. The highest BCUT2D eigenvalue weighted by Gasteiger charge is 2.16. The van der Waals surface area contributed by atoms with Gasteiger partial charge in [0, 0.05) is 18.2 Å². The zero-order chi connectivity index (χ0) is 16.1. The van der Waals surface area contributed by atoms with Crippen LogP contribution in [0.5, 0.6) is 0 Å². The first-order valence-corrected chi connectivity index (χ1v) is 7.14. The second kappa shape index (κ2) is 7.04. The molecule has 0 saturated carbocycles. The van der Waals surface area contributed by atoms with Crippen LogP contribution in [0.4, 0.5) is 5.69 Å². The summed E-state index contributed by atoms with van der Waals surface area (Å²) in [5, 5.41) is 13.6. The van der Waals surface area contributed by atoms with E-state index >= 15 is 0 Å². The molecule has 0 aliphatic rings. The van der Waals surface area contributed by atoms with E-state index in [1.54, 1.807) is 0 Å². The minimum atomic E-state index is -0.605. The largest absolute Gasteiger partial charge is 0.351 e. The van der Waals surface area contributed by atoms with Gasteiger partial charge in [-0.2, -0.15) is 0 Å². The number of amides is 1. The van der Waals surface area contributed by atoms with Crippen LogP contribution in [-0.2, 0) is 0 Å². The van der Waals surface area contributed by atoms with Crippen molar-refractivity contribution in [1.82, 2.24) is 5.32 Å². The van der Waals surface area contributed by atoms with Crippen molar-refractivity contribution in [3.05, 3.63) is 74.8 Å². The number of carbonyl (C=O) groups excluding carboxylic acids is 1. The lowest BCUT2D eigenvalue weighted by Gasteiger charge is -2.13. The van der Waals surface area contributed by atoms with Crippen molar-refractivity contribution in [2.24, 2.45) is 0 Å². The molecule has 2 aromatic rings. The molecule has 6 heteroatoms. The number of nitrogens with zero attached hydrogens (tertiary/aromatic N) is 1. The molecule has 2 aromatic carbocycles. The third-order valence-corrected chi connectivity index (χ3v) is 3.66. The number of benzene rings is 2. The van der Waals surface area contributed by atoms with Crippen molar-refractivity contribution in [3.63, 3.8) is 0 Å². The van der Waals surface area contributed by atoms with Crippen LogP contribution in [0, 0.1) is 10.1 Å². The molecule has 1 unspecified atom stereocenters. The molecule has 0 fully saturated rings. The second-order valence-corrected chi connectivity index (χ2v) is 5.35. The Morgan fingerprint density at radius 1 is 1.27 bits per heavy atom. The van der Waals surface area contributed by atoms with Gasteiger partial charge in [-0.25, -0.2) is 0 Å². The highest BCUT2D eigenvalue weighted by Crippen LogP contribution is 2.25. The third kappa shape index (κ3) is 3.83. The minimum absolute atomic E-state index is 0.0132. The van der Waals surface area contributed by atoms with Crippen LogP contribution in [0.2, 0.25) is 5.02 Å². The van der Waals surface area contributed by atoms with Crippen molar-refractivity contribution in [1.29, 1.82) is 0 Å². The zero-order valence-corrected chi connectivity index (χ0v) is 12.7. The molecular formula is C16H15ClN2O3. The van der Waals surface area contributed by atoms with Gasteiger partial charge in [-0.3, -0.25) is 14.9 Å². The normalized spacial score (nSPS) is 11.7. The molecule has 2 rings (SSSR count). The summed E-state index contributed by atoms with van der Waals surface area (Å²) >= 11 is 5.73. The summed E-state index contributed by atoms with van der Waals surface area (Å²) in [5.41, 5.74) is 1.06. The lowest BCUT2D eigenvalue weighted by Crippen LogP contribution is -2.27. The van der Waals surface area contributed by atoms with Crippen molar-refractivity contribution >= 4 is 23.2 Å². The van der Waals surface area contributed by atoms with E-state index in [9.17, 15) is 14.9 Å². The Morgan fingerprint density at radius 3 is 2.59 bits per heavy atom. The lowest BCUT2D eigenvalue weighted by molar-refractivity contribution is -0.384. The van der Waals surface area contributed by atoms with Gasteiger partial charge in [0.1, 0.15) is 5.02 Å². The number of nitrogens with one attached hydrogen (secondary N) is 1. The number of nitro benzene ring substituents is 1. The van der Waals surface area contributed by atoms with Crippen molar-refractivity contribution in [2.45, 2.75) is 12.8 Å². The summed E-state index contributed by atoms with van der Waals surface area (Å²) in [6.07, 6.45) is 0. The maximum atomic E-state index is 12.1. The molecule has 5 nitrogen and oxygen atoms in total. The monoisotopic (exact) mass is 318 g/mol. The summed E-state index contributed by atoms with van der Waals surface area (Å²) in [6, 6.07) is 13.8. The molecule has 0 saturated heterocycles. The highest BCUT2D eigenvalue weighted by molar-refractivity contribution is 6.32. The fourth-order valence-corrected chi connectivity index (χ4v) is 2.23. The van der Waals surface area contributed by atoms with Crippen molar-refractivity contribution < 1.29 is 9.72 Å². The molecule has 0 aliphatic heterocycles. The van der Waals surface area contributed by atoms with E-state index in [1.165, 1.54) is 18.2 Å². The van der Waals surface area contributed by atoms with Crippen LogP contribution in [0.25, 0.3) is 0 Å². The molecule has 0 aliphatic carbocycles. The summed E-state index contributed by atoms with van der Waals surface area (Å²) in [7, 11) is 0. The summed E-state index contributed by atoms with van der Waals surface area (Å²) in [6.45, 7) is 2.44. The van der Waals surface area contributed by atoms with E-state index in [0.717, 1.165) is 5.56 Å². The fourth-order valence-electron chi connectivity index (χ4n) is 2.04. The van der Waals surface area contributed by atoms with Gasteiger partial charge in [0.25, 0.3) is 11.6 Å². The molecule has 0 heterocycles. The quantitative estimate of drug-likeness (QED) is 0.673. The number of hydrogen-bond donors (Lipinski definition) is 1. The van der Waals surface area contributed by atoms with E-state index < -0.39 is 4.92 Å². The van der Waals surface area contributed by atoms with Crippen LogP contribution in [0.15, 0.2) is 48.5 Å². The molecule has 1 N–H and O–H groups in total. The Balaban J connectivity index is 2.04. The first kappa shape index (κ1) is 16.0. The third-order valence-electron chi connectivity index (χ3n) is 3.34. The molecule has 0 spiro atoms. The number of nitro groups is 1. The molecule has 0 aromatic heterocycles. The van der Waals surface area contributed by atoms with Gasteiger partial charge in [0.05, 0.1) is 4.92 Å². The van der Waals surface area contributed by atoms with Gasteiger partial charge in [0.2, 0.25) is 0 Å². The molecule has 0 bridgehead atoms. The average Bonchev–Trinajstić information content (AvgIpc) is 2.53.